The molecule has 3 aromatic heterocycles. The summed E-state index contributed by atoms with van der Waals surface area (Å²) in [4.78, 5) is 31.3. The van der Waals surface area contributed by atoms with Crippen LogP contribution in [0.4, 0.5) is 5.13 Å². The molecule has 0 spiro atoms. The average molecular weight is 372 g/mol. The number of esters is 1. The van der Waals surface area contributed by atoms with Gasteiger partial charge in [0.1, 0.15) is 17.8 Å². The van der Waals surface area contributed by atoms with E-state index in [2.05, 4.69) is 30.2 Å². The standard InChI is InChI=1S/C16H16N6O3S/c1-25-15(24)11-4-10(5-17-11)12-7-26-16(19-12)20-14(23)9-2-3-13-21-18-8-22(13)6-9/h4-5,7-9,17H,2-3,6H2,1H3,(H,19,20,23). The highest BCUT2D eigenvalue weighted by Gasteiger charge is 2.26. The van der Waals surface area contributed by atoms with Gasteiger partial charge in [-0.3, -0.25) is 4.79 Å². The summed E-state index contributed by atoms with van der Waals surface area (Å²) in [6, 6.07) is 1.67. The summed E-state index contributed by atoms with van der Waals surface area (Å²) in [5.74, 6) is 0.281. The number of thiazole rings is 1. The van der Waals surface area contributed by atoms with Gasteiger partial charge in [0.05, 0.1) is 18.7 Å². The number of amides is 1. The fourth-order valence-corrected chi connectivity index (χ4v) is 3.63. The fourth-order valence-electron chi connectivity index (χ4n) is 2.91. The van der Waals surface area contributed by atoms with Crippen molar-refractivity contribution in [3.05, 3.63) is 35.5 Å². The van der Waals surface area contributed by atoms with Gasteiger partial charge in [0.15, 0.2) is 5.13 Å². The van der Waals surface area contributed by atoms with Crippen molar-refractivity contribution in [2.45, 2.75) is 19.4 Å². The summed E-state index contributed by atoms with van der Waals surface area (Å²) in [6.45, 7) is 0.576. The Kier molecular flexibility index (Phi) is 4.25. The number of carbonyl (C=O) groups is 2. The molecule has 4 rings (SSSR count). The molecule has 0 aliphatic carbocycles. The Hall–Kier alpha value is -3.01. The molecule has 2 N–H and O–H groups in total. The van der Waals surface area contributed by atoms with Gasteiger partial charge in [-0.2, -0.15) is 0 Å². The van der Waals surface area contributed by atoms with E-state index < -0.39 is 5.97 Å². The number of aryl methyl sites for hydroxylation is 1. The zero-order valence-electron chi connectivity index (χ0n) is 13.9. The SMILES string of the molecule is COC(=O)c1cc(-c2csc(NC(=O)C3CCc4nncn4C3)n2)c[nH]1. The summed E-state index contributed by atoms with van der Waals surface area (Å²) >= 11 is 1.34. The van der Waals surface area contributed by atoms with Crippen LogP contribution in [0.2, 0.25) is 0 Å². The Balaban J connectivity index is 1.43. The minimum atomic E-state index is -0.439. The maximum absolute atomic E-state index is 12.5. The molecule has 1 aliphatic heterocycles. The van der Waals surface area contributed by atoms with Gasteiger partial charge in [-0.25, -0.2) is 9.78 Å². The van der Waals surface area contributed by atoms with Crippen LogP contribution in [-0.4, -0.2) is 43.7 Å². The van der Waals surface area contributed by atoms with Gasteiger partial charge in [-0.05, 0) is 12.5 Å². The van der Waals surface area contributed by atoms with Gasteiger partial charge in [0, 0.05) is 30.1 Å². The number of nitrogens with zero attached hydrogens (tertiary/aromatic N) is 4. The van der Waals surface area contributed by atoms with Crippen LogP contribution < -0.4 is 5.32 Å². The summed E-state index contributed by atoms with van der Waals surface area (Å²) in [6.07, 6.45) is 4.81. The molecule has 9 nitrogen and oxygen atoms in total. The molecule has 3 aromatic rings. The zero-order valence-corrected chi connectivity index (χ0v) is 14.7. The molecule has 0 bridgehead atoms. The average Bonchev–Trinajstić information content (AvgIpc) is 3.39. The van der Waals surface area contributed by atoms with Gasteiger partial charge >= 0.3 is 5.97 Å². The normalized spacial score (nSPS) is 16.1. The first-order chi connectivity index (χ1) is 12.6. The van der Waals surface area contributed by atoms with E-state index in [1.54, 1.807) is 18.6 Å². The van der Waals surface area contributed by atoms with Gasteiger partial charge in [-0.1, -0.05) is 0 Å². The molecule has 10 heteroatoms. The van der Waals surface area contributed by atoms with E-state index in [9.17, 15) is 9.59 Å². The van der Waals surface area contributed by atoms with Crippen LogP contribution in [0.5, 0.6) is 0 Å². The van der Waals surface area contributed by atoms with Crippen molar-refractivity contribution in [3.8, 4) is 11.3 Å². The highest BCUT2D eigenvalue weighted by atomic mass is 32.1. The van der Waals surface area contributed by atoms with Gasteiger partial charge in [0.2, 0.25) is 5.91 Å². The van der Waals surface area contributed by atoms with Crippen LogP contribution in [-0.2, 0) is 22.5 Å². The lowest BCUT2D eigenvalue weighted by atomic mass is 9.99. The highest BCUT2D eigenvalue weighted by Crippen LogP contribution is 2.27. The Morgan fingerprint density at radius 1 is 1.46 bits per heavy atom. The van der Waals surface area contributed by atoms with Gasteiger partial charge in [-0.15, -0.1) is 21.5 Å². The predicted molar refractivity (Wildman–Crippen MR) is 93.7 cm³/mol. The van der Waals surface area contributed by atoms with Crippen LogP contribution in [0.1, 0.15) is 22.7 Å². The molecule has 4 heterocycles. The lowest BCUT2D eigenvalue weighted by Gasteiger charge is -2.21. The van der Waals surface area contributed by atoms with E-state index in [0.29, 0.717) is 23.1 Å². The van der Waals surface area contributed by atoms with Crippen molar-refractivity contribution >= 4 is 28.3 Å². The summed E-state index contributed by atoms with van der Waals surface area (Å²) in [5, 5.41) is 13.1. The monoisotopic (exact) mass is 372 g/mol. The van der Waals surface area contributed by atoms with Crippen molar-refractivity contribution in [2.24, 2.45) is 5.92 Å². The van der Waals surface area contributed by atoms with E-state index in [0.717, 1.165) is 24.2 Å². The van der Waals surface area contributed by atoms with E-state index in [4.69, 9.17) is 0 Å². The first kappa shape index (κ1) is 16.5. The molecule has 0 fully saturated rings. The lowest BCUT2D eigenvalue weighted by Crippen LogP contribution is -2.31. The van der Waals surface area contributed by atoms with E-state index >= 15 is 0 Å². The van der Waals surface area contributed by atoms with Crippen LogP contribution in [0, 0.1) is 5.92 Å². The predicted octanol–water partition coefficient (Wildman–Crippen LogP) is 1.72. The quantitative estimate of drug-likeness (QED) is 0.674. The second-order valence-electron chi connectivity index (χ2n) is 5.96. The van der Waals surface area contributed by atoms with Crippen molar-refractivity contribution in [1.29, 1.82) is 0 Å². The first-order valence-corrected chi connectivity index (χ1v) is 8.92. The topological polar surface area (TPSA) is 115 Å². The molecule has 0 aromatic carbocycles. The first-order valence-electron chi connectivity index (χ1n) is 8.04. The minimum Gasteiger partial charge on any atom is -0.464 e. The summed E-state index contributed by atoms with van der Waals surface area (Å²) in [7, 11) is 1.33. The van der Waals surface area contributed by atoms with Crippen molar-refractivity contribution in [3.63, 3.8) is 0 Å². The van der Waals surface area contributed by atoms with E-state index in [1.165, 1.54) is 18.4 Å². The number of rotatable bonds is 4. The number of nitrogens with one attached hydrogen (secondary N) is 2. The van der Waals surface area contributed by atoms with Crippen molar-refractivity contribution in [1.82, 2.24) is 24.7 Å². The summed E-state index contributed by atoms with van der Waals surface area (Å²) in [5.41, 5.74) is 1.79. The number of anilines is 1. The Morgan fingerprint density at radius 3 is 3.19 bits per heavy atom. The van der Waals surface area contributed by atoms with Gasteiger partial charge < -0.3 is 19.6 Å². The molecule has 1 atom stereocenters. The number of H-pyrrole nitrogens is 1. The minimum absolute atomic E-state index is 0.0606. The molecule has 1 unspecified atom stereocenters. The van der Waals surface area contributed by atoms with Crippen molar-refractivity contribution in [2.75, 3.05) is 12.4 Å². The molecular weight excluding hydrogens is 356 g/mol. The third-order valence-corrected chi connectivity index (χ3v) is 5.08. The number of aromatic amines is 1. The number of ether oxygens (including phenoxy) is 1. The number of aromatic nitrogens is 5. The molecule has 0 radical (unpaired) electrons. The summed E-state index contributed by atoms with van der Waals surface area (Å²) < 4.78 is 6.59. The molecule has 0 saturated carbocycles. The van der Waals surface area contributed by atoms with Crippen LogP contribution in [0.25, 0.3) is 11.3 Å². The fraction of sp³-hybridized carbons (Fsp3) is 0.312. The molecule has 134 valence electrons. The van der Waals surface area contributed by atoms with Gasteiger partial charge in [0.25, 0.3) is 0 Å². The number of hydrogen-bond acceptors (Lipinski definition) is 7. The molecule has 0 saturated heterocycles. The number of methoxy groups -OCH3 is 1. The van der Waals surface area contributed by atoms with Crippen LogP contribution in [0.3, 0.4) is 0 Å². The molecule has 26 heavy (non-hydrogen) atoms. The largest absolute Gasteiger partial charge is 0.464 e. The number of hydrogen-bond donors (Lipinski definition) is 2. The maximum Gasteiger partial charge on any atom is 0.354 e. The second kappa shape index (κ2) is 6.71. The number of carbonyl (C=O) groups excluding carboxylic acids is 2. The Morgan fingerprint density at radius 2 is 2.35 bits per heavy atom. The molecule has 1 amide bonds. The maximum atomic E-state index is 12.5. The highest BCUT2D eigenvalue weighted by molar-refractivity contribution is 7.14. The van der Waals surface area contributed by atoms with Crippen LogP contribution >= 0.6 is 11.3 Å². The van der Waals surface area contributed by atoms with Crippen molar-refractivity contribution < 1.29 is 14.3 Å². The van der Waals surface area contributed by atoms with E-state index in [-0.39, 0.29) is 11.8 Å². The third kappa shape index (κ3) is 3.10. The number of fused-ring (bicyclic) bond motifs is 1. The molecular formula is C16H16N6O3S. The zero-order chi connectivity index (χ0) is 18.1. The third-order valence-electron chi connectivity index (χ3n) is 4.32. The lowest BCUT2D eigenvalue weighted by molar-refractivity contribution is -0.120. The molecule has 1 aliphatic rings. The van der Waals surface area contributed by atoms with E-state index in [1.807, 2.05) is 9.95 Å². The second-order valence-corrected chi connectivity index (χ2v) is 6.81. The smallest absolute Gasteiger partial charge is 0.354 e. The Labute approximate surface area is 152 Å². The Bertz CT molecular complexity index is 959. The van der Waals surface area contributed by atoms with Crippen LogP contribution in [0.15, 0.2) is 24.0 Å².